The number of carbonyl (C=O) groups excluding carboxylic acids is 3. The van der Waals surface area contributed by atoms with Crippen LogP contribution in [0, 0.1) is 12.8 Å². The fourth-order valence-electron chi connectivity index (χ4n) is 5.54. The number of aryl methyl sites for hydroxylation is 2. The molecule has 2 amide bonds. The number of Topliss-reactive ketones (excluding diaryl/α,β-unsaturated/α-hetero) is 1. The van der Waals surface area contributed by atoms with Crippen LogP contribution < -0.4 is 0 Å². The molecule has 228 valence electrons. The van der Waals surface area contributed by atoms with Crippen molar-refractivity contribution in [1.29, 1.82) is 0 Å². The Morgan fingerprint density at radius 1 is 0.955 bits per heavy atom. The topological polar surface area (TPSA) is 106 Å². The number of ketones is 1. The van der Waals surface area contributed by atoms with E-state index in [1.807, 2.05) is 91.9 Å². The third-order valence-corrected chi connectivity index (χ3v) is 7.72. The molecule has 0 unspecified atom stereocenters. The number of imide groups is 1. The first-order chi connectivity index (χ1) is 21.4. The summed E-state index contributed by atoms with van der Waals surface area (Å²) in [6, 6.07) is 28.0. The molecule has 1 aromatic heterocycles. The van der Waals surface area contributed by atoms with Crippen molar-refractivity contribution in [3.05, 3.63) is 119 Å². The molecule has 1 aliphatic heterocycles. The van der Waals surface area contributed by atoms with E-state index in [0.717, 1.165) is 32.7 Å². The van der Waals surface area contributed by atoms with Gasteiger partial charge in [-0.2, -0.15) is 0 Å². The Balaban J connectivity index is 1.47. The van der Waals surface area contributed by atoms with Crippen LogP contribution in [0.25, 0.3) is 11.1 Å². The highest BCUT2D eigenvalue weighted by Crippen LogP contribution is 2.32. The summed E-state index contributed by atoms with van der Waals surface area (Å²) in [4.78, 5) is 42.5. The van der Waals surface area contributed by atoms with E-state index in [-0.39, 0.29) is 32.0 Å². The minimum Gasteiger partial charge on any atom is -0.457 e. The second-order valence-electron chi connectivity index (χ2n) is 11.0. The minimum absolute atomic E-state index is 0.0540. The van der Waals surface area contributed by atoms with Crippen LogP contribution in [0.3, 0.4) is 0 Å². The van der Waals surface area contributed by atoms with Gasteiger partial charge in [0.05, 0.1) is 19.3 Å². The van der Waals surface area contributed by atoms with E-state index >= 15 is 0 Å². The van der Waals surface area contributed by atoms with Crippen LogP contribution in [0.1, 0.15) is 39.4 Å². The standard InChI is InChI=1S/C36H37NO7/c1-25-10-8-15-28(20-25)30-23-33(44-32(30)16-9-18-42-19-17-38)34(39)31(22-27-13-6-3-7-14-27)35(40)37-29(24-43-36(37)41)21-26-11-4-2-5-12-26/h2-8,10-15,20,23,29,31,38H,9,16-19,21-22,24H2,1H3/t29-,31+/m0/s1. The van der Waals surface area contributed by atoms with Gasteiger partial charge in [0.25, 0.3) is 0 Å². The normalized spacial score (nSPS) is 15.3. The average molecular weight is 596 g/mol. The minimum atomic E-state index is -1.20. The second kappa shape index (κ2) is 14.8. The number of nitrogens with zero attached hydrogens (tertiary/aromatic N) is 1. The number of amides is 2. The Morgan fingerprint density at radius 2 is 1.68 bits per heavy atom. The summed E-state index contributed by atoms with van der Waals surface area (Å²) in [7, 11) is 0. The number of aliphatic hydroxyl groups is 1. The van der Waals surface area contributed by atoms with Crippen molar-refractivity contribution in [2.75, 3.05) is 26.4 Å². The quantitative estimate of drug-likeness (QED) is 0.111. The van der Waals surface area contributed by atoms with E-state index < -0.39 is 29.7 Å². The van der Waals surface area contributed by atoms with Crippen molar-refractivity contribution in [2.45, 2.75) is 38.6 Å². The number of furan rings is 1. The van der Waals surface area contributed by atoms with Gasteiger partial charge in [-0.15, -0.1) is 0 Å². The smallest absolute Gasteiger partial charge is 0.417 e. The van der Waals surface area contributed by atoms with Gasteiger partial charge < -0.3 is 19.0 Å². The van der Waals surface area contributed by atoms with Crippen LogP contribution >= 0.6 is 0 Å². The summed E-state index contributed by atoms with van der Waals surface area (Å²) < 4.78 is 17.0. The van der Waals surface area contributed by atoms with Crippen molar-refractivity contribution in [1.82, 2.24) is 4.90 Å². The molecule has 1 fully saturated rings. The van der Waals surface area contributed by atoms with Crippen molar-refractivity contribution in [3.8, 4) is 11.1 Å². The molecule has 0 radical (unpaired) electrons. The first kappa shape index (κ1) is 30.9. The summed E-state index contributed by atoms with van der Waals surface area (Å²) in [5.41, 5.74) is 4.48. The summed E-state index contributed by atoms with van der Waals surface area (Å²) in [5.74, 6) is -1.61. The lowest BCUT2D eigenvalue weighted by Gasteiger charge is -2.24. The highest BCUT2D eigenvalue weighted by molar-refractivity contribution is 6.12. The monoisotopic (exact) mass is 595 g/mol. The molecule has 8 nitrogen and oxygen atoms in total. The molecule has 0 aliphatic carbocycles. The third kappa shape index (κ3) is 7.51. The number of hydrogen-bond donors (Lipinski definition) is 1. The molecule has 1 aliphatic rings. The van der Waals surface area contributed by atoms with Crippen molar-refractivity contribution in [3.63, 3.8) is 0 Å². The maximum atomic E-state index is 14.3. The van der Waals surface area contributed by atoms with E-state index in [2.05, 4.69) is 0 Å². The maximum Gasteiger partial charge on any atom is 0.417 e. The van der Waals surface area contributed by atoms with Crippen LogP contribution in [-0.4, -0.2) is 60.3 Å². The zero-order chi connectivity index (χ0) is 30.9. The Hall–Kier alpha value is -4.53. The van der Waals surface area contributed by atoms with E-state index in [4.69, 9.17) is 19.0 Å². The third-order valence-electron chi connectivity index (χ3n) is 7.72. The summed E-state index contributed by atoms with van der Waals surface area (Å²) in [6.07, 6.45) is 0.894. The van der Waals surface area contributed by atoms with Gasteiger partial charge in [0.15, 0.2) is 5.76 Å². The predicted molar refractivity (Wildman–Crippen MR) is 165 cm³/mol. The fraction of sp³-hybridized carbons (Fsp3) is 0.306. The zero-order valence-corrected chi connectivity index (χ0v) is 24.8. The number of aliphatic hydroxyl groups excluding tert-OH is 1. The SMILES string of the molecule is Cc1cccc(-c2cc(C(=O)[C@@H](Cc3ccccc3)C(=O)N3C(=O)OC[C@@H]3Cc3ccccc3)oc2CCCOCCO)c1. The molecular formula is C36H37NO7. The van der Waals surface area contributed by atoms with E-state index in [9.17, 15) is 14.4 Å². The van der Waals surface area contributed by atoms with Crippen LogP contribution in [0.4, 0.5) is 4.79 Å². The summed E-state index contributed by atoms with van der Waals surface area (Å²) >= 11 is 0. The fourth-order valence-corrected chi connectivity index (χ4v) is 5.54. The van der Waals surface area contributed by atoms with E-state index in [1.165, 1.54) is 0 Å². The summed E-state index contributed by atoms with van der Waals surface area (Å²) in [6.45, 7) is 2.68. The van der Waals surface area contributed by atoms with Crippen LogP contribution in [0.2, 0.25) is 0 Å². The molecule has 8 heteroatoms. The molecule has 0 bridgehead atoms. The van der Waals surface area contributed by atoms with Gasteiger partial charge in [0, 0.05) is 18.6 Å². The number of hydrogen-bond acceptors (Lipinski definition) is 7. The lowest BCUT2D eigenvalue weighted by Crippen LogP contribution is -2.46. The van der Waals surface area contributed by atoms with Gasteiger partial charge in [-0.25, -0.2) is 9.69 Å². The molecule has 2 heterocycles. The highest BCUT2D eigenvalue weighted by Gasteiger charge is 2.44. The molecule has 2 atom stereocenters. The zero-order valence-electron chi connectivity index (χ0n) is 24.8. The Kier molecular flexibility index (Phi) is 10.4. The molecule has 44 heavy (non-hydrogen) atoms. The number of benzene rings is 3. The van der Waals surface area contributed by atoms with Crippen molar-refractivity contribution in [2.24, 2.45) is 5.92 Å². The number of rotatable bonds is 14. The van der Waals surface area contributed by atoms with Gasteiger partial charge in [-0.05, 0) is 48.9 Å². The second-order valence-corrected chi connectivity index (χ2v) is 11.0. The summed E-state index contributed by atoms with van der Waals surface area (Å²) in [5, 5.41) is 9.01. The lowest BCUT2D eigenvalue weighted by molar-refractivity contribution is -0.131. The number of carbonyl (C=O) groups is 3. The Bertz CT molecular complexity index is 1560. The van der Waals surface area contributed by atoms with Gasteiger partial charge in [0.1, 0.15) is 18.3 Å². The maximum absolute atomic E-state index is 14.3. The van der Waals surface area contributed by atoms with Gasteiger partial charge >= 0.3 is 6.09 Å². The van der Waals surface area contributed by atoms with Crippen molar-refractivity contribution < 1.29 is 33.4 Å². The molecular weight excluding hydrogens is 558 g/mol. The molecule has 0 spiro atoms. The molecule has 1 saturated heterocycles. The molecule has 3 aromatic carbocycles. The van der Waals surface area contributed by atoms with Crippen molar-refractivity contribution >= 4 is 17.8 Å². The highest BCUT2D eigenvalue weighted by atomic mass is 16.6. The lowest BCUT2D eigenvalue weighted by atomic mass is 9.91. The number of ether oxygens (including phenoxy) is 2. The number of cyclic esters (lactones) is 1. The van der Waals surface area contributed by atoms with Crippen LogP contribution in [-0.2, 0) is 33.5 Å². The van der Waals surface area contributed by atoms with Gasteiger partial charge in [-0.1, -0.05) is 90.5 Å². The first-order valence-electron chi connectivity index (χ1n) is 14.9. The van der Waals surface area contributed by atoms with Gasteiger partial charge in [-0.3, -0.25) is 9.59 Å². The predicted octanol–water partition coefficient (Wildman–Crippen LogP) is 5.83. The largest absolute Gasteiger partial charge is 0.457 e. The molecule has 1 N–H and O–H groups in total. The first-order valence-corrected chi connectivity index (χ1v) is 14.9. The molecule has 4 aromatic rings. The van der Waals surface area contributed by atoms with Crippen LogP contribution in [0.5, 0.6) is 0 Å². The van der Waals surface area contributed by atoms with E-state index in [0.29, 0.717) is 31.6 Å². The Labute approximate surface area is 257 Å². The van der Waals surface area contributed by atoms with Gasteiger partial charge in [0.2, 0.25) is 11.7 Å². The Morgan fingerprint density at radius 3 is 2.39 bits per heavy atom. The molecule has 0 saturated carbocycles. The molecule has 5 rings (SSSR count). The van der Waals surface area contributed by atoms with E-state index in [1.54, 1.807) is 6.07 Å². The van der Waals surface area contributed by atoms with Crippen LogP contribution in [0.15, 0.2) is 95.4 Å². The average Bonchev–Trinajstić information content (AvgIpc) is 3.63.